The number of nitrogens with two attached hydrogens (primary N) is 1. The van der Waals surface area contributed by atoms with Gasteiger partial charge < -0.3 is 20.5 Å². The zero-order valence-electron chi connectivity index (χ0n) is 12.5. The number of benzene rings is 1. The summed E-state index contributed by atoms with van der Waals surface area (Å²) in [7, 11) is 0. The third-order valence-electron chi connectivity index (χ3n) is 3.62. The van der Waals surface area contributed by atoms with Crippen molar-refractivity contribution in [2.75, 3.05) is 25.5 Å². The van der Waals surface area contributed by atoms with Gasteiger partial charge in [0, 0.05) is 18.8 Å². The Labute approximate surface area is 125 Å². The fourth-order valence-electron chi connectivity index (χ4n) is 2.26. The Morgan fingerprint density at radius 1 is 1.48 bits per heavy atom. The van der Waals surface area contributed by atoms with Crippen molar-refractivity contribution in [3.63, 3.8) is 0 Å². The summed E-state index contributed by atoms with van der Waals surface area (Å²) in [5.41, 5.74) is 7.53. The van der Waals surface area contributed by atoms with Gasteiger partial charge in [-0.2, -0.15) is 0 Å². The highest BCUT2D eigenvalue weighted by Crippen LogP contribution is 2.12. The van der Waals surface area contributed by atoms with Crippen LogP contribution in [0.3, 0.4) is 0 Å². The number of rotatable bonds is 7. The Morgan fingerprint density at radius 3 is 2.90 bits per heavy atom. The Bertz CT molecular complexity index is 441. The lowest BCUT2D eigenvalue weighted by Crippen LogP contribution is -2.37. The van der Waals surface area contributed by atoms with Crippen LogP contribution in [0.2, 0.25) is 0 Å². The van der Waals surface area contributed by atoms with Crippen molar-refractivity contribution in [2.24, 2.45) is 0 Å². The lowest BCUT2D eigenvalue weighted by Gasteiger charge is -2.16. The number of amides is 1. The number of nitrogen functional groups attached to an aromatic ring is 1. The number of anilines is 1. The second-order valence-electron chi connectivity index (χ2n) is 5.39. The van der Waals surface area contributed by atoms with E-state index in [1.165, 1.54) is 0 Å². The molecule has 3 N–H and O–H groups in total. The quantitative estimate of drug-likeness (QED) is 0.747. The van der Waals surface area contributed by atoms with Crippen molar-refractivity contribution < 1.29 is 14.3 Å². The molecule has 1 aromatic rings. The van der Waals surface area contributed by atoms with Crippen molar-refractivity contribution in [1.29, 1.82) is 0 Å². The molecule has 116 valence electrons. The minimum atomic E-state index is -0.444. The van der Waals surface area contributed by atoms with Gasteiger partial charge in [-0.15, -0.1) is 0 Å². The molecule has 1 aromatic carbocycles. The molecule has 1 heterocycles. The number of carbonyl (C=O) groups excluding carboxylic acids is 1. The maximum atomic E-state index is 11.9. The third kappa shape index (κ3) is 5.36. The average molecular weight is 292 g/mol. The first-order chi connectivity index (χ1) is 10.1. The molecule has 0 saturated carbocycles. The molecule has 21 heavy (non-hydrogen) atoms. The van der Waals surface area contributed by atoms with Crippen LogP contribution in [0, 0.1) is 0 Å². The molecular formula is C16H24N2O3. The first-order valence-electron chi connectivity index (χ1n) is 7.50. The van der Waals surface area contributed by atoms with E-state index >= 15 is 0 Å². The van der Waals surface area contributed by atoms with Crippen LogP contribution >= 0.6 is 0 Å². The second kappa shape index (κ2) is 8.00. The zero-order valence-corrected chi connectivity index (χ0v) is 12.5. The van der Waals surface area contributed by atoms with Crippen LogP contribution in [0.4, 0.5) is 5.69 Å². The van der Waals surface area contributed by atoms with Gasteiger partial charge in [0.05, 0.1) is 12.7 Å². The fourth-order valence-corrected chi connectivity index (χ4v) is 2.26. The molecule has 2 unspecified atom stereocenters. The SMILES string of the molecule is CC(OCC1CCCO1)C(=O)NCCc1ccc(N)cc1. The van der Waals surface area contributed by atoms with Crippen molar-refractivity contribution in [3.8, 4) is 0 Å². The van der Waals surface area contributed by atoms with Crippen molar-refractivity contribution in [3.05, 3.63) is 29.8 Å². The molecule has 1 amide bonds. The largest absolute Gasteiger partial charge is 0.399 e. The zero-order chi connectivity index (χ0) is 15.1. The van der Waals surface area contributed by atoms with Crippen LogP contribution in [0.25, 0.3) is 0 Å². The van der Waals surface area contributed by atoms with E-state index in [9.17, 15) is 4.79 Å². The molecule has 0 aliphatic carbocycles. The minimum Gasteiger partial charge on any atom is -0.399 e. The molecule has 2 rings (SSSR count). The number of hydrogen-bond donors (Lipinski definition) is 2. The van der Waals surface area contributed by atoms with Crippen LogP contribution in [0.15, 0.2) is 24.3 Å². The normalized spacial score (nSPS) is 19.4. The van der Waals surface area contributed by atoms with Crippen LogP contribution in [-0.4, -0.2) is 37.9 Å². The predicted octanol–water partition coefficient (Wildman–Crippen LogP) is 1.51. The highest BCUT2D eigenvalue weighted by Gasteiger charge is 2.19. The van der Waals surface area contributed by atoms with E-state index in [1.807, 2.05) is 24.3 Å². The first-order valence-corrected chi connectivity index (χ1v) is 7.50. The number of carbonyl (C=O) groups is 1. The molecular weight excluding hydrogens is 268 g/mol. The van der Waals surface area contributed by atoms with Crippen molar-refractivity contribution in [2.45, 2.75) is 38.4 Å². The van der Waals surface area contributed by atoms with Gasteiger partial charge >= 0.3 is 0 Å². The average Bonchev–Trinajstić information content (AvgIpc) is 3.00. The van der Waals surface area contributed by atoms with Crippen molar-refractivity contribution in [1.82, 2.24) is 5.32 Å². The molecule has 0 spiro atoms. The van der Waals surface area contributed by atoms with Gasteiger partial charge in [-0.1, -0.05) is 12.1 Å². The minimum absolute atomic E-state index is 0.0801. The standard InChI is InChI=1S/C16H24N2O3/c1-12(21-11-15-3-2-10-20-15)16(19)18-9-8-13-4-6-14(17)7-5-13/h4-7,12,15H,2-3,8-11,17H2,1H3,(H,18,19). The lowest BCUT2D eigenvalue weighted by atomic mass is 10.1. The molecule has 1 saturated heterocycles. The van der Waals surface area contributed by atoms with E-state index in [1.54, 1.807) is 6.92 Å². The monoisotopic (exact) mass is 292 g/mol. The van der Waals surface area contributed by atoms with Gasteiger partial charge in [0.2, 0.25) is 5.91 Å². The molecule has 2 atom stereocenters. The Kier molecular flexibility index (Phi) is 6.02. The summed E-state index contributed by atoms with van der Waals surface area (Å²) in [6.07, 6.45) is 2.59. The van der Waals surface area contributed by atoms with Gasteiger partial charge in [0.25, 0.3) is 0 Å². The summed E-state index contributed by atoms with van der Waals surface area (Å²) < 4.78 is 11.0. The Hall–Kier alpha value is -1.59. The van der Waals surface area contributed by atoms with Crippen LogP contribution in [0.1, 0.15) is 25.3 Å². The van der Waals surface area contributed by atoms with Crippen LogP contribution in [-0.2, 0) is 20.7 Å². The number of nitrogens with one attached hydrogen (secondary N) is 1. The first kappa shape index (κ1) is 15.8. The summed E-state index contributed by atoms with van der Waals surface area (Å²) in [4.78, 5) is 11.9. The molecule has 0 aromatic heterocycles. The predicted molar refractivity (Wildman–Crippen MR) is 82.0 cm³/mol. The number of ether oxygens (including phenoxy) is 2. The van der Waals surface area contributed by atoms with E-state index in [0.717, 1.165) is 37.1 Å². The summed E-state index contributed by atoms with van der Waals surface area (Å²) in [5.74, 6) is -0.0801. The summed E-state index contributed by atoms with van der Waals surface area (Å²) in [5, 5.41) is 2.88. The third-order valence-corrected chi connectivity index (χ3v) is 3.62. The number of hydrogen-bond acceptors (Lipinski definition) is 4. The Morgan fingerprint density at radius 2 is 2.24 bits per heavy atom. The van der Waals surface area contributed by atoms with Gasteiger partial charge in [0.1, 0.15) is 6.10 Å². The molecule has 1 aliphatic rings. The van der Waals surface area contributed by atoms with E-state index in [0.29, 0.717) is 13.2 Å². The molecule has 0 radical (unpaired) electrons. The molecule has 0 bridgehead atoms. The topological polar surface area (TPSA) is 73.6 Å². The summed E-state index contributed by atoms with van der Waals surface area (Å²) in [6.45, 7) is 3.66. The fraction of sp³-hybridized carbons (Fsp3) is 0.562. The smallest absolute Gasteiger partial charge is 0.248 e. The Balaban J connectivity index is 1.62. The van der Waals surface area contributed by atoms with Gasteiger partial charge in [-0.05, 0) is 43.9 Å². The van der Waals surface area contributed by atoms with E-state index < -0.39 is 6.10 Å². The van der Waals surface area contributed by atoms with Gasteiger partial charge in [0.15, 0.2) is 0 Å². The van der Waals surface area contributed by atoms with E-state index in [2.05, 4.69) is 5.32 Å². The highest BCUT2D eigenvalue weighted by atomic mass is 16.5. The van der Waals surface area contributed by atoms with Crippen molar-refractivity contribution >= 4 is 11.6 Å². The lowest BCUT2D eigenvalue weighted by molar-refractivity contribution is -0.133. The molecule has 5 heteroatoms. The van der Waals surface area contributed by atoms with Gasteiger partial charge in [-0.3, -0.25) is 4.79 Å². The maximum absolute atomic E-state index is 11.9. The van der Waals surface area contributed by atoms with E-state index in [4.69, 9.17) is 15.2 Å². The van der Waals surface area contributed by atoms with E-state index in [-0.39, 0.29) is 12.0 Å². The van der Waals surface area contributed by atoms with Gasteiger partial charge in [-0.25, -0.2) is 0 Å². The summed E-state index contributed by atoms with van der Waals surface area (Å²) >= 11 is 0. The molecule has 1 aliphatic heterocycles. The molecule has 1 fully saturated rings. The highest BCUT2D eigenvalue weighted by molar-refractivity contribution is 5.80. The maximum Gasteiger partial charge on any atom is 0.248 e. The summed E-state index contributed by atoms with van der Waals surface area (Å²) in [6, 6.07) is 7.67. The van der Waals surface area contributed by atoms with Crippen LogP contribution < -0.4 is 11.1 Å². The molecule has 5 nitrogen and oxygen atoms in total. The second-order valence-corrected chi connectivity index (χ2v) is 5.39. The van der Waals surface area contributed by atoms with Crippen LogP contribution in [0.5, 0.6) is 0 Å².